The zero-order valence-corrected chi connectivity index (χ0v) is 17.4. The van der Waals surface area contributed by atoms with E-state index in [0.29, 0.717) is 5.69 Å². The predicted octanol–water partition coefficient (Wildman–Crippen LogP) is 4.35. The number of urea groups is 1. The largest absolute Gasteiger partial charge is 0.325 e. The third-order valence-corrected chi connectivity index (χ3v) is 4.92. The predicted molar refractivity (Wildman–Crippen MR) is 109 cm³/mol. The Morgan fingerprint density at radius 1 is 1.04 bits per heavy atom. The zero-order valence-electron chi connectivity index (χ0n) is 16.6. The Balaban J connectivity index is 1.98. The molecule has 0 saturated heterocycles. The van der Waals surface area contributed by atoms with Crippen LogP contribution >= 0.6 is 11.8 Å². The van der Waals surface area contributed by atoms with Crippen LogP contribution in [0.25, 0.3) is 0 Å². The van der Waals surface area contributed by atoms with Crippen LogP contribution in [0, 0.1) is 20.8 Å². The Morgan fingerprint density at radius 2 is 1.74 bits per heavy atom. The van der Waals surface area contributed by atoms with Crippen molar-refractivity contribution >= 4 is 29.4 Å². The molecule has 1 heterocycles. The minimum atomic E-state index is -0.541. The number of rotatable bonds is 5. The van der Waals surface area contributed by atoms with Gasteiger partial charge in [-0.1, -0.05) is 43.3 Å². The molecule has 1 atom stereocenters. The van der Waals surface area contributed by atoms with Gasteiger partial charge >= 0.3 is 6.03 Å². The number of hydrogen-bond donors (Lipinski definition) is 2. The molecule has 0 aliphatic rings. The Bertz CT molecular complexity index is 852. The van der Waals surface area contributed by atoms with E-state index in [9.17, 15) is 9.59 Å². The number of aromatic nitrogens is 2. The average Bonchev–Trinajstić information content (AvgIpc) is 2.56. The molecule has 3 amide bonds. The number of imide groups is 1. The van der Waals surface area contributed by atoms with Gasteiger partial charge in [0.1, 0.15) is 10.9 Å². The summed E-state index contributed by atoms with van der Waals surface area (Å²) in [6.45, 7) is 11.6. The first-order valence-electron chi connectivity index (χ1n) is 8.87. The van der Waals surface area contributed by atoms with Gasteiger partial charge in [-0.25, -0.2) is 14.8 Å². The van der Waals surface area contributed by atoms with Gasteiger partial charge in [0.15, 0.2) is 0 Å². The molecule has 0 unspecified atom stereocenters. The highest BCUT2D eigenvalue weighted by molar-refractivity contribution is 8.00. The van der Waals surface area contributed by atoms with Crippen molar-refractivity contribution in [1.29, 1.82) is 0 Å². The van der Waals surface area contributed by atoms with Crippen molar-refractivity contribution in [1.82, 2.24) is 15.3 Å². The van der Waals surface area contributed by atoms with E-state index in [1.54, 1.807) is 6.92 Å². The summed E-state index contributed by atoms with van der Waals surface area (Å²) in [5.74, 6) is 0.583. The second-order valence-corrected chi connectivity index (χ2v) is 8.24. The number of nitrogens with one attached hydrogen (secondary N) is 2. The number of carbonyl (C=O) groups excluding carboxylic acids is 2. The van der Waals surface area contributed by atoms with E-state index in [-0.39, 0.29) is 11.8 Å². The first kappa shape index (κ1) is 20.9. The number of nitrogens with zero attached hydrogens (tertiary/aromatic N) is 2. The van der Waals surface area contributed by atoms with E-state index in [1.807, 2.05) is 58.9 Å². The molecule has 7 heteroatoms. The van der Waals surface area contributed by atoms with E-state index in [1.165, 1.54) is 11.8 Å². The van der Waals surface area contributed by atoms with Crippen LogP contribution in [-0.2, 0) is 4.79 Å². The molecule has 0 saturated carbocycles. The lowest BCUT2D eigenvalue weighted by molar-refractivity contribution is -0.119. The number of benzene rings is 1. The van der Waals surface area contributed by atoms with Gasteiger partial charge in [0.05, 0.1) is 5.25 Å². The van der Waals surface area contributed by atoms with E-state index in [0.717, 1.165) is 27.7 Å². The molecule has 0 aliphatic carbocycles. The van der Waals surface area contributed by atoms with Gasteiger partial charge in [-0.05, 0) is 45.4 Å². The summed E-state index contributed by atoms with van der Waals surface area (Å²) in [7, 11) is 0. The summed E-state index contributed by atoms with van der Waals surface area (Å²) in [4.78, 5) is 33.4. The molecule has 0 aliphatic heterocycles. The molecule has 2 N–H and O–H groups in total. The zero-order chi connectivity index (χ0) is 20.1. The third kappa shape index (κ3) is 6.06. The Hall–Kier alpha value is -2.41. The number of anilines is 1. The maximum Gasteiger partial charge on any atom is 0.325 e. The van der Waals surface area contributed by atoms with Crippen LogP contribution < -0.4 is 10.6 Å². The summed E-state index contributed by atoms with van der Waals surface area (Å²) in [5, 5.41) is 5.36. The number of thioether (sulfide) groups is 1. The molecular formula is C20H26N4O2S. The quantitative estimate of drug-likeness (QED) is 0.589. The van der Waals surface area contributed by atoms with Crippen LogP contribution in [0.3, 0.4) is 0 Å². The Labute approximate surface area is 164 Å². The van der Waals surface area contributed by atoms with Crippen molar-refractivity contribution in [2.45, 2.75) is 57.7 Å². The van der Waals surface area contributed by atoms with Gasteiger partial charge in [-0.3, -0.25) is 10.1 Å². The van der Waals surface area contributed by atoms with E-state index < -0.39 is 11.3 Å². The van der Waals surface area contributed by atoms with Gasteiger partial charge < -0.3 is 5.32 Å². The Kier molecular flexibility index (Phi) is 6.96. The van der Waals surface area contributed by atoms with Crippen molar-refractivity contribution in [3.8, 4) is 0 Å². The number of amides is 3. The van der Waals surface area contributed by atoms with Gasteiger partial charge in [0, 0.05) is 17.3 Å². The van der Waals surface area contributed by atoms with Crippen LogP contribution in [0.1, 0.15) is 49.3 Å². The molecule has 1 aromatic carbocycles. The van der Waals surface area contributed by atoms with Gasteiger partial charge in [-0.15, -0.1) is 0 Å². The van der Waals surface area contributed by atoms with E-state index >= 15 is 0 Å². The topological polar surface area (TPSA) is 84.0 Å². The van der Waals surface area contributed by atoms with Gasteiger partial charge in [0.2, 0.25) is 5.91 Å². The second-order valence-electron chi connectivity index (χ2n) is 6.88. The molecule has 0 radical (unpaired) electrons. The maximum atomic E-state index is 12.4. The fourth-order valence-electron chi connectivity index (χ4n) is 2.44. The van der Waals surface area contributed by atoms with Crippen molar-refractivity contribution in [3.63, 3.8) is 0 Å². The fourth-order valence-corrected chi connectivity index (χ4v) is 3.35. The Morgan fingerprint density at radius 3 is 2.37 bits per heavy atom. The van der Waals surface area contributed by atoms with E-state index in [4.69, 9.17) is 0 Å². The average molecular weight is 387 g/mol. The molecule has 0 spiro atoms. The molecule has 1 aromatic heterocycles. The van der Waals surface area contributed by atoms with E-state index in [2.05, 4.69) is 20.6 Å². The molecule has 0 bridgehead atoms. The molecule has 27 heavy (non-hydrogen) atoms. The normalized spacial score (nSPS) is 12.0. The first-order valence-corrected chi connectivity index (χ1v) is 9.75. The van der Waals surface area contributed by atoms with Crippen molar-refractivity contribution < 1.29 is 9.59 Å². The molecule has 6 nitrogen and oxygen atoms in total. The van der Waals surface area contributed by atoms with Crippen LogP contribution in [0.4, 0.5) is 10.5 Å². The minimum absolute atomic E-state index is 0.205. The van der Waals surface area contributed by atoms with Gasteiger partial charge in [0.25, 0.3) is 0 Å². The molecule has 144 valence electrons. The molecule has 2 aromatic rings. The number of carbonyl (C=O) groups is 2. The highest BCUT2D eigenvalue weighted by Gasteiger charge is 2.19. The van der Waals surface area contributed by atoms with Crippen LogP contribution in [0.5, 0.6) is 0 Å². The molecular weight excluding hydrogens is 360 g/mol. The minimum Gasteiger partial charge on any atom is -0.307 e. The lowest BCUT2D eigenvalue weighted by Gasteiger charge is -2.14. The summed E-state index contributed by atoms with van der Waals surface area (Å²) in [5.41, 5.74) is 3.59. The number of hydrogen-bond acceptors (Lipinski definition) is 5. The monoisotopic (exact) mass is 386 g/mol. The smallest absolute Gasteiger partial charge is 0.307 e. The lowest BCUT2D eigenvalue weighted by Crippen LogP contribution is -2.39. The maximum absolute atomic E-state index is 12.4. The molecule has 0 fully saturated rings. The summed E-state index contributed by atoms with van der Waals surface area (Å²) in [6.07, 6.45) is 0. The van der Waals surface area contributed by atoms with Crippen LogP contribution in [-0.4, -0.2) is 27.2 Å². The fraction of sp³-hybridized carbons (Fsp3) is 0.400. The highest BCUT2D eigenvalue weighted by atomic mass is 32.2. The highest BCUT2D eigenvalue weighted by Crippen LogP contribution is 2.24. The first-order chi connectivity index (χ1) is 12.7. The summed E-state index contributed by atoms with van der Waals surface area (Å²) < 4.78 is 0. The van der Waals surface area contributed by atoms with Gasteiger partial charge in [-0.2, -0.15) is 0 Å². The van der Waals surface area contributed by atoms with Crippen molar-refractivity contribution in [2.24, 2.45) is 0 Å². The van der Waals surface area contributed by atoms with Crippen molar-refractivity contribution in [3.05, 3.63) is 46.9 Å². The lowest BCUT2D eigenvalue weighted by atomic mass is 10.1. The number of aryl methyl sites for hydroxylation is 3. The third-order valence-electron chi connectivity index (χ3n) is 3.90. The SMILES string of the molecule is Cc1ccc(NC(=O)NC(=O)[C@@H](C)Sc2cc(C)nc(C(C)C)n2)c(C)c1. The van der Waals surface area contributed by atoms with Crippen LogP contribution in [0.15, 0.2) is 29.3 Å². The summed E-state index contributed by atoms with van der Waals surface area (Å²) in [6, 6.07) is 7.01. The standard InChI is InChI=1S/C20H26N4O2S/c1-11(2)18-21-14(5)10-17(23-18)27-15(6)19(25)24-20(26)22-16-8-7-12(3)9-13(16)4/h7-11,15H,1-6H3,(H2,22,24,25,26)/t15-/m1/s1. The second kappa shape index (κ2) is 8.99. The summed E-state index contributed by atoms with van der Waals surface area (Å²) >= 11 is 1.31. The molecule has 2 rings (SSSR count). The van der Waals surface area contributed by atoms with Crippen LogP contribution in [0.2, 0.25) is 0 Å². The van der Waals surface area contributed by atoms with Crippen molar-refractivity contribution in [2.75, 3.05) is 5.32 Å².